The van der Waals surface area contributed by atoms with E-state index in [2.05, 4.69) is 20.8 Å². The Balaban J connectivity index is 1.58. The number of benzene rings is 2. The Morgan fingerprint density at radius 3 is 2.66 bits per heavy atom. The van der Waals surface area contributed by atoms with Crippen molar-refractivity contribution in [2.45, 2.75) is 12.1 Å². The molecule has 10 nitrogen and oxygen atoms in total. The molecule has 3 amide bonds. The number of rotatable bonds is 5. The molecule has 0 saturated carbocycles. The number of halogens is 1. The van der Waals surface area contributed by atoms with E-state index in [0.29, 0.717) is 16.8 Å². The fourth-order valence-corrected chi connectivity index (χ4v) is 3.75. The van der Waals surface area contributed by atoms with Crippen molar-refractivity contribution >= 4 is 22.7 Å². The van der Waals surface area contributed by atoms with Gasteiger partial charge >= 0.3 is 6.03 Å². The zero-order valence-corrected chi connectivity index (χ0v) is 16.7. The number of aromatic nitrogens is 4. The molecule has 0 spiro atoms. The van der Waals surface area contributed by atoms with E-state index in [-0.39, 0.29) is 18.1 Å². The SMILES string of the molecule is COc1ccc2cn(C[C@@]3(c4cnn(-c5ccc(F)cc5)n4)NC(=O)NC3=O)c(O)c2c1. The van der Waals surface area contributed by atoms with E-state index in [4.69, 9.17) is 4.74 Å². The number of imide groups is 1. The predicted molar refractivity (Wildman–Crippen MR) is 110 cm³/mol. The fourth-order valence-electron chi connectivity index (χ4n) is 3.75. The van der Waals surface area contributed by atoms with Gasteiger partial charge in [0.25, 0.3) is 5.91 Å². The van der Waals surface area contributed by atoms with Crippen LogP contribution in [0, 0.1) is 5.82 Å². The molecule has 162 valence electrons. The monoisotopic (exact) mass is 436 g/mol. The van der Waals surface area contributed by atoms with Gasteiger partial charge in [-0.15, -0.1) is 0 Å². The second kappa shape index (κ2) is 7.08. The van der Waals surface area contributed by atoms with E-state index in [1.54, 1.807) is 24.4 Å². The molecule has 32 heavy (non-hydrogen) atoms. The van der Waals surface area contributed by atoms with Crippen molar-refractivity contribution in [3.05, 3.63) is 66.4 Å². The number of aromatic hydroxyl groups is 1. The molecule has 3 heterocycles. The minimum atomic E-state index is -1.62. The molecular weight excluding hydrogens is 419 g/mol. The molecule has 1 aliphatic rings. The van der Waals surface area contributed by atoms with Crippen molar-refractivity contribution in [2.75, 3.05) is 7.11 Å². The second-order valence-electron chi connectivity index (χ2n) is 7.34. The standard InChI is InChI=1S/C21H17FN6O4/c1-32-15-7-2-12-10-27(18(29)16(12)8-15)11-21(19(30)24-20(31)25-21)17-9-23-28(26-17)14-5-3-13(22)4-6-14/h2-10,29H,11H2,1H3,(H2,24,25,30,31)/t21-/m0/s1. The molecule has 4 aromatic rings. The van der Waals surface area contributed by atoms with Crippen molar-refractivity contribution in [1.29, 1.82) is 0 Å². The highest BCUT2D eigenvalue weighted by Crippen LogP contribution is 2.34. The first-order valence-corrected chi connectivity index (χ1v) is 9.58. The summed E-state index contributed by atoms with van der Waals surface area (Å²) >= 11 is 0. The van der Waals surface area contributed by atoms with Crippen molar-refractivity contribution in [1.82, 2.24) is 30.2 Å². The molecule has 1 atom stereocenters. The van der Waals surface area contributed by atoms with Crippen LogP contribution in [0.25, 0.3) is 16.5 Å². The lowest BCUT2D eigenvalue weighted by Crippen LogP contribution is -2.47. The highest BCUT2D eigenvalue weighted by Gasteiger charge is 2.50. The Bertz CT molecular complexity index is 1360. The Labute approximate surface area is 180 Å². The van der Waals surface area contributed by atoms with Gasteiger partial charge in [-0.2, -0.15) is 15.0 Å². The fraction of sp³-hybridized carbons (Fsp3) is 0.143. The van der Waals surface area contributed by atoms with Crippen LogP contribution in [0.3, 0.4) is 0 Å². The van der Waals surface area contributed by atoms with Crippen LogP contribution in [0.2, 0.25) is 0 Å². The molecule has 11 heteroatoms. The topological polar surface area (TPSA) is 123 Å². The molecule has 1 fully saturated rings. The number of urea groups is 1. The summed E-state index contributed by atoms with van der Waals surface area (Å²) in [5, 5.41) is 25.4. The number of hydrogen-bond acceptors (Lipinski definition) is 6. The number of hydrogen-bond donors (Lipinski definition) is 3. The smallest absolute Gasteiger partial charge is 0.322 e. The van der Waals surface area contributed by atoms with Gasteiger partial charge in [-0.25, -0.2) is 9.18 Å². The Morgan fingerprint density at radius 1 is 1.19 bits per heavy atom. The summed E-state index contributed by atoms with van der Waals surface area (Å²) in [5.74, 6) is -0.581. The highest BCUT2D eigenvalue weighted by molar-refractivity contribution is 6.07. The van der Waals surface area contributed by atoms with E-state index < -0.39 is 23.3 Å². The average Bonchev–Trinajstić information content (AvgIpc) is 3.46. The predicted octanol–water partition coefficient (Wildman–Crippen LogP) is 1.81. The van der Waals surface area contributed by atoms with Gasteiger partial charge in [-0.05, 0) is 42.5 Å². The molecule has 5 rings (SSSR count). The third kappa shape index (κ3) is 3.02. The lowest BCUT2D eigenvalue weighted by atomic mass is 9.96. The molecule has 1 aliphatic heterocycles. The van der Waals surface area contributed by atoms with Crippen molar-refractivity contribution in [3.8, 4) is 17.3 Å². The highest BCUT2D eigenvalue weighted by atomic mass is 19.1. The zero-order valence-electron chi connectivity index (χ0n) is 16.7. The van der Waals surface area contributed by atoms with Crippen LogP contribution in [-0.2, 0) is 16.9 Å². The van der Waals surface area contributed by atoms with E-state index in [1.165, 1.54) is 46.9 Å². The molecule has 2 aromatic heterocycles. The summed E-state index contributed by atoms with van der Waals surface area (Å²) in [4.78, 5) is 26.2. The number of ether oxygens (including phenoxy) is 1. The van der Waals surface area contributed by atoms with E-state index in [9.17, 15) is 19.1 Å². The maximum absolute atomic E-state index is 13.2. The van der Waals surface area contributed by atoms with E-state index in [1.807, 2.05) is 0 Å². The van der Waals surface area contributed by atoms with E-state index in [0.717, 1.165) is 5.39 Å². The lowest BCUT2D eigenvalue weighted by molar-refractivity contribution is -0.125. The van der Waals surface area contributed by atoms with Gasteiger partial charge in [0.2, 0.25) is 0 Å². The molecule has 3 N–H and O–H groups in total. The Kier molecular flexibility index (Phi) is 4.33. The molecule has 0 unspecified atom stereocenters. The van der Waals surface area contributed by atoms with Gasteiger partial charge in [-0.3, -0.25) is 10.1 Å². The van der Waals surface area contributed by atoms with Crippen LogP contribution in [0.1, 0.15) is 5.69 Å². The van der Waals surface area contributed by atoms with Gasteiger partial charge in [-0.1, -0.05) is 0 Å². The summed E-state index contributed by atoms with van der Waals surface area (Å²) in [7, 11) is 1.52. The number of amides is 3. The molecule has 0 bridgehead atoms. The largest absolute Gasteiger partial charge is 0.497 e. The van der Waals surface area contributed by atoms with Crippen LogP contribution in [-0.4, -0.2) is 43.7 Å². The average molecular weight is 436 g/mol. The molecule has 2 aromatic carbocycles. The minimum Gasteiger partial charge on any atom is -0.497 e. The maximum atomic E-state index is 13.2. The molecule has 0 aliphatic carbocycles. The number of fused-ring (bicyclic) bond motifs is 1. The van der Waals surface area contributed by atoms with Crippen LogP contribution < -0.4 is 15.4 Å². The summed E-state index contributed by atoms with van der Waals surface area (Å²) in [6.07, 6.45) is 3.01. The first kappa shape index (κ1) is 19.5. The van der Waals surface area contributed by atoms with E-state index >= 15 is 0 Å². The van der Waals surface area contributed by atoms with Gasteiger partial charge < -0.3 is 19.7 Å². The van der Waals surface area contributed by atoms with Crippen molar-refractivity contribution in [3.63, 3.8) is 0 Å². The van der Waals surface area contributed by atoms with Crippen molar-refractivity contribution < 1.29 is 23.8 Å². The number of carbonyl (C=O) groups is 2. The third-order valence-corrected chi connectivity index (χ3v) is 5.40. The number of nitrogens with one attached hydrogen (secondary N) is 2. The quantitative estimate of drug-likeness (QED) is 0.410. The van der Waals surface area contributed by atoms with Crippen LogP contribution in [0.4, 0.5) is 9.18 Å². The molecule has 0 radical (unpaired) electrons. The van der Waals surface area contributed by atoms with Gasteiger partial charge in [0.15, 0.2) is 11.4 Å². The lowest BCUT2D eigenvalue weighted by Gasteiger charge is -2.24. The summed E-state index contributed by atoms with van der Waals surface area (Å²) in [6, 6.07) is 9.99. The molecular formula is C21H17FN6O4. The third-order valence-electron chi connectivity index (χ3n) is 5.40. The normalized spacial score (nSPS) is 18.1. The Morgan fingerprint density at radius 2 is 1.97 bits per heavy atom. The van der Waals surface area contributed by atoms with Crippen LogP contribution in [0.15, 0.2) is 54.9 Å². The second-order valence-corrected chi connectivity index (χ2v) is 7.34. The van der Waals surface area contributed by atoms with Gasteiger partial charge in [0, 0.05) is 17.0 Å². The van der Waals surface area contributed by atoms with Crippen LogP contribution in [0.5, 0.6) is 11.6 Å². The number of carbonyl (C=O) groups excluding carboxylic acids is 2. The van der Waals surface area contributed by atoms with Gasteiger partial charge in [0.05, 0.1) is 25.5 Å². The zero-order chi connectivity index (χ0) is 22.5. The summed E-state index contributed by atoms with van der Waals surface area (Å²) < 4.78 is 19.9. The Hall–Kier alpha value is -4.41. The summed E-state index contributed by atoms with van der Waals surface area (Å²) in [5.41, 5.74) is -0.995. The number of nitrogens with zero attached hydrogens (tertiary/aromatic N) is 4. The number of methoxy groups -OCH3 is 1. The van der Waals surface area contributed by atoms with Gasteiger partial charge in [0.1, 0.15) is 17.3 Å². The summed E-state index contributed by atoms with van der Waals surface area (Å²) in [6.45, 7) is -0.143. The minimum absolute atomic E-state index is 0.0989. The van der Waals surface area contributed by atoms with Crippen LogP contribution >= 0.6 is 0 Å². The first-order chi connectivity index (χ1) is 15.4. The van der Waals surface area contributed by atoms with Crippen molar-refractivity contribution in [2.24, 2.45) is 0 Å². The maximum Gasteiger partial charge on any atom is 0.322 e. The molecule has 1 saturated heterocycles. The first-order valence-electron chi connectivity index (χ1n) is 9.58.